The first-order valence-corrected chi connectivity index (χ1v) is 11.0. The average molecular weight is 387 g/mol. The third kappa shape index (κ3) is 3.55. The maximum atomic E-state index is 12.5. The van der Waals surface area contributed by atoms with E-state index in [0.717, 1.165) is 62.4 Å². The zero-order valence-electron chi connectivity index (χ0n) is 15.6. The summed E-state index contributed by atoms with van der Waals surface area (Å²) in [4.78, 5) is 18.6. The van der Waals surface area contributed by atoms with Crippen molar-refractivity contribution in [2.24, 2.45) is 0 Å². The lowest BCUT2D eigenvalue weighted by Crippen LogP contribution is -2.34. The van der Waals surface area contributed by atoms with E-state index in [1.54, 1.807) is 16.0 Å². The van der Waals surface area contributed by atoms with Crippen molar-refractivity contribution in [3.63, 3.8) is 0 Å². The predicted octanol–water partition coefficient (Wildman–Crippen LogP) is 3.25. The second-order valence-corrected chi connectivity index (χ2v) is 9.03. The van der Waals surface area contributed by atoms with E-state index >= 15 is 0 Å². The van der Waals surface area contributed by atoms with Gasteiger partial charge in [-0.05, 0) is 56.9 Å². The van der Waals surface area contributed by atoms with Crippen LogP contribution in [-0.2, 0) is 30.6 Å². The van der Waals surface area contributed by atoms with Gasteiger partial charge in [0.1, 0.15) is 0 Å². The molecule has 1 fully saturated rings. The maximum Gasteiger partial charge on any atom is 0.267 e. The Labute approximate surface area is 163 Å². The molecular formula is C20H26N4O2S. The molecule has 0 atom stereocenters. The molecule has 2 aromatic heterocycles. The number of hydrogen-bond donors (Lipinski definition) is 1. The van der Waals surface area contributed by atoms with Crippen LogP contribution < -0.4 is 10.9 Å². The van der Waals surface area contributed by atoms with Gasteiger partial charge in [0.2, 0.25) is 0 Å². The van der Waals surface area contributed by atoms with Gasteiger partial charge in [0.05, 0.1) is 35.5 Å². The minimum atomic E-state index is 0.0830. The molecule has 3 aliphatic rings. The molecule has 1 saturated carbocycles. The molecule has 6 nitrogen and oxygen atoms in total. The third-order valence-corrected chi connectivity index (χ3v) is 7.10. The van der Waals surface area contributed by atoms with Gasteiger partial charge in [0, 0.05) is 18.5 Å². The zero-order chi connectivity index (χ0) is 18.2. The van der Waals surface area contributed by atoms with Gasteiger partial charge in [-0.15, -0.1) is 0 Å². The van der Waals surface area contributed by atoms with Gasteiger partial charge in [0.25, 0.3) is 5.56 Å². The first-order chi connectivity index (χ1) is 13.3. The third-order valence-electron chi connectivity index (χ3n) is 6.10. The largest absolute Gasteiger partial charge is 0.375 e. The summed E-state index contributed by atoms with van der Waals surface area (Å²) in [5, 5.41) is 9.39. The van der Waals surface area contributed by atoms with Crippen LogP contribution in [0.5, 0.6) is 0 Å². The first kappa shape index (κ1) is 17.4. The number of fused-ring (bicyclic) bond motifs is 2. The fourth-order valence-electron chi connectivity index (χ4n) is 4.56. The summed E-state index contributed by atoms with van der Waals surface area (Å²) in [6, 6.07) is 2.51. The lowest BCUT2D eigenvalue weighted by atomic mass is 9.91. The Morgan fingerprint density at radius 3 is 2.81 bits per heavy atom. The minimum Gasteiger partial charge on any atom is -0.375 e. The van der Waals surface area contributed by atoms with Crippen LogP contribution in [-0.4, -0.2) is 27.4 Å². The highest BCUT2D eigenvalue weighted by atomic mass is 32.1. The van der Waals surface area contributed by atoms with Crippen molar-refractivity contribution in [1.82, 2.24) is 14.8 Å². The number of hydrogen-bond acceptors (Lipinski definition) is 6. The highest BCUT2D eigenvalue weighted by molar-refractivity contribution is 7.15. The molecule has 0 amide bonds. The summed E-state index contributed by atoms with van der Waals surface area (Å²) in [5.41, 5.74) is 3.61. The van der Waals surface area contributed by atoms with Crippen molar-refractivity contribution in [3.05, 3.63) is 38.2 Å². The van der Waals surface area contributed by atoms with Crippen molar-refractivity contribution in [3.8, 4) is 0 Å². The Kier molecular flexibility index (Phi) is 4.73. The van der Waals surface area contributed by atoms with Crippen LogP contribution in [0.25, 0.3) is 0 Å². The van der Waals surface area contributed by atoms with Crippen molar-refractivity contribution in [1.29, 1.82) is 0 Å². The van der Waals surface area contributed by atoms with Crippen LogP contribution in [0.15, 0.2) is 10.9 Å². The summed E-state index contributed by atoms with van der Waals surface area (Å²) >= 11 is 1.73. The van der Waals surface area contributed by atoms with E-state index in [9.17, 15) is 4.79 Å². The molecule has 1 aliphatic heterocycles. The number of anilines is 1. The van der Waals surface area contributed by atoms with Crippen LogP contribution in [0.1, 0.15) is 66.4 Å². The Hall–Kier alpha value is -1.73. The lowest BCUT2D eigenvalue weighted by molar-refractivity contribution is 0.112. The summed E-state index contributed by atoms with van der Waals surface area (Å²) in [6.45, 7) is 1.48. The second kappa shape index (κ2) is 7.36. The minimum absolute atomic E-state index is 0.0830. The van der Waals surface area contributed by atoms with Crippen molar-refractivity contribution < 1.29 is 4.74 Å². The monoisotopic (exact) mass is 386 g/mol. The fraction of sp³-hybridized carbons (Fsp3) is 0.650. The van der Waals surface area contributed by atoms with Crippen LogP contribution in [0.3, 0.4) is 0 Å². The van der Waals surface area contributed by atoms with E-state index in [4.69, 9.17) is 14.8 Å². The lowest BCUT2D eigenvalue weighted by Gasteiger charge is -2.30. The molecule has 0 aromatic carbocycles. The molecule has 1 N–H and O–H groups in total. The number of aryl methyl sites for hydroxylation is 2. The average Bonchev–Trinajstić information content (AvgIpc) is 3.10. The molecule has 7 heteroatoms. The van der Waals surface area contributed by atoms with E-state index in [1.165, 1.54) is 29.0 Å². The molecule has 0 saturated heterocycles. The molecule has 27 heavy (non-hydrogen) atoms. The van der Waals surface area contributed by atoms with E-state index in [-0.39, 0.29) is 11.6 Å². The molecule has 0 unspecified atom stereocenters. The standard InChI is InChI=1S/C20H26N4O2S/c25-19-11-13-3-1-2-4-16(13)23-24(19)15-7-5-14(6-8-15)21-20-22-17-9-10-26-12-18(17)27-20/h11,14-15H,1-10,12H2,(H,21,22). The van der Waals surface area contributed by atoms with Crippen LogP contribution in [0.2, 0.25) is 0 Å². The zero-order valence-corrected chi connectivity index (χ0v) is 16.4. The van der Waals surface area contributed by atoms with E-state index in [0.29, 0.717) is 12.6 Å². The van der Waals surface area contributed by atoms with Crippen molar-refractivity contribution in [2.45, 2.75) is 76.5 Å². The molecule has 2 aliphatic carbocycles. The van der Waals surface area contributed by atoms with Gasteiger partial charge in [0.15, 0.2) is 5.13 Å². The molecule has 2 aromatic rings. The van der Waals surface area contributed by atoms with E-state index < -0.39 is 0 Å². The number of nitrogens with one attached hydrogen (secondary N) is 1. The Morgan fingerprint density at radius 2 is 1.96 bits per heavy atom. The molecule has 144 valence electrons. The Morgan fingerprint density at radius 1 is 1.11 bits per heavy atom. The fourth-order valence-corrected chi connectivity index (χ4v) is 5.59. The summed E-state index contributed by atoms with van der Waals surface area (Å²) < 4.78 is 7.29. The second-order valence-electron chi connectivity index (χ2n) is 7.95. The maximum absolute atomic E-state index is 12.5. The van der Waals surface area contributed by atoms with Crippen molar-refractivity contribution in [2.75, 3.05) is 11.9 Å². The Bertz CT molecular complexity index is 859. The SMILES string of the molecule is O=c1cc2c(nn1C1CCC(Nc3nc4c(s3)COCC4)CC1)CCCC2. The van der Waals surface area contributed by atoms with Crippen LogP contribution in [0.4, 0.5) is 5.13 Å². The van der Waals surface area contributed by atoms with Gasteiger partial charge in [-0.3, -0.25) is 4.79 Å². The van der Waals surface area contributed by atoms with Gasteiger partial charge >= 0.3 is 0 Å². The quantitative estimate of drug-likeness (QED) is 0.877. The summed E-state index contributed by atoms with van der Waals surface area (Å²) in [6.07, 6.45) is 9.43. The molecule has 3 heterocycles. The molecule has 0 radical (unpaired) electrons. The molecule has 0 spiro atoms. The predicted molar refractivity (Wildman–Crippen MR) is 106 cm³/mol. The van der Waals surface area contributed by atoms with Crippen LogP contribution >= 0.6 is 11.3 Å². The van der Waals surface area contributed by atoms with Gasteiger partial charge < -0.3 is 10.1 Å². The number of aromatic nitrogens is 3. The van der Waals surface area contributed by atoms with Crippen LogP contribution in [0, 0.1) is 0 Å². The van der Waals surface area contributed by atoms with Crippen molar-refractivity contribution >= 4 is 16.5 Å². The number of ether oxygens (including phenoxy) is 1. The Balaban J connectivity index is 1.24. The van der Waals surface area contributed by atoms with E-state index in [2.05, 4.69) is 5.32 Å². The van der Waals surface area contributed by atoms with Gasteiger partial charge in [-0.1, -0.05) is 11.3 Å². The normalized spacial score (nSPS) is 24.9. The first-order valence-electron chi connectivity index (χ1n) is 10.2. The number of rotatable bonds is 3. The van der Waals surface area contributed by atoms with E-state index in [1.807, 2.05) is 6.07 Å². The van der Waals surface area contributed by atoms with Gasteiger partial charge in [-0.25, -0.2) is 9.67 Å². The summed E-state index contributed by atoms with van der Waals surface area (Å²) in [7, 11) is 0. The highest BCUT2D eigenvalue weighted by Crippen LogP contribution is 2.32. The summed E-state index contributed by atoms with van der Waals surface area (Å²) in [5.74, 6) is 0. The van der Waals surface area contributed by atoms with Gasteiger partial charge in [-0.2, -0.15) is 5.10 Å². The topological polar surface area (TPSA) is 69.0 Å². The number of thiazole rings is 1. The molecule has 0 bridgehead atoms. The highest BCUT2D eigenvalue weighted by Gasteiger charge is 2.26. The molecular weight excluding hydrogens is 360 g/mol. The number of nitrogens with zero attached hydrogens (tertiary/aromatic N) is 3. The molecule has 5 rings (SSSR count). The smallest absolute Gasteiger partial charge is 0.267 e.